The third-order valence-corrected chi connectivity index (χ3v) is 2.35. The highest BCUT2D eigenvalue weighted by atomic mass is 79.9. The maximum atomic E-state index is 5.19. The molecule has 16 heavy (non-hydrogen) atoms. The topological polar surface area (TPSA) is 21.7 Å². The smallest absolute Gasteiger partial charge is 0.154 e. The fourth-order valence-electron chi connectivity index (χ4n) is 1.05. The molecule has 0 heterocycles. The fraction of sp³-hybridized carbons (Fsp3) is 0.500. The second kappa shape index (κ2) is 5.66. The molecule has 4 heteroatoms. The number of hydrogen-bond donors (Lipinski definition) is 0. The molecule has 0 saturated carbocycles. The van der Waals surface area contributed by atoms with Gasteiger partial charge < -0.3 is 4.90 Å². The van der Waals surface area contributed by atoms with Crippen molar-refractivity contribution in [2.45, 2.75) is 26.4 Å². The van der Waals surface area contributed by atoms with E-state index < -0.39 is 0 Å². The molecule has 0 saturated heterocycles. The second-order valence-corrected chi connectivity index (χ2v) is 5.53. The number of rotatable bonds is 4. The molecule has 0 bridgehead atoms. The molecule has 0 aromatic heterocycles. The van der Waals surface area contributed by atoms with Gasteiger partial charge in [-0.1, -0.05) is 15.9 Å². The highest BCUT2D eigenvalue weighted by molar-refractivity contribution is 9.10. The van der Waals surface area contributed by atoms with Gasteiger partial charge in [-0.05, 0) is 45.0 Å². The Morgan fingerprint density at radius 2 is 1.75 bits per heavy atom. The first-order valence-electron chi connectivity index (χ1n) is 5.16. The lowest BCUT2D eigenvalue weighted by molar-refractivity contribution is -0.347. The molecule has 0 amide bonds. The lowest BCUT2D eigenvalue weighted by Crippen LogP contribution is -2.26. The van der Waals surface area contributed by atoms with Crippen LogP contribution >= 0.6 is 15.9 Å². The first kappa shape index (κ1) is 13.5. The Hall–Kier alpha value is -0.580. The van der Waals surface area contributed by atoms with Gasteiger partial charge >= 0.3 is 0 Å². The Kier molecular flexibility index (Phi) is 4.77. The van der Waals surface area contributed by atoms with Crippen molar-refractivity contribution < 1.29 is 9.78 Å². The number of halogens is 1. The molecule has 0 aliphatic carbocycles. The summed E-state index contributed by atoms with van der Waals surface area (Å²) in [6.45, 7) is 6.25. The minimum atomic E-state index is -0.277. The molecule has 1 aromatic rings. The third-order valence-electron chi connectivity index (χ3n) is 1.82. The van der Waals surface area contributed by atoms with Crippen molar-refractivity contribution in [1.82, 2.24) is 0 Å². The zero-order valence-corrected chi connectivity index (χ0v) is 11.7. The Labute approximate surface area is 105 Å². The van der Waals surface area contributed by atoms with Crippen molar-refractivity contribution in [1.29, 1.82) is 0 Å². The first-order chi connectivity index (χ1) is 7.38. The van der Waals surface area contributed by atoms with Crippen molar-refractivity contribution in [2.75, 3.05) is 18.7 Å². The lowest BCUT2D eigenvalue weighted by atomic mass is 10.2. The van der Waals surface area contributed by atoms with Crippen LogP contribution in [-0.4, -0.2) is 19.4 Å². The molecule has 0 aliphatic heterocycles. The zero-order valence-electron chi connectivity index (χ0n) is 10.2. The van der Waals surface area contributed by atoms with Crippen LogP contribution in [0.15, 0.2) is 28.7 Å². The minimum absolute atomic E-state index is 0.277. The maximum absolute atomic E-state index is 5.19. The van der Waals surface area contributed by atoms with Crippen LogP contribution in [0, 0.1) is 0 Å². The van der Waals surface area contributed by atoms with Gasteiger partial charge in [-0.15, -0.1) is 0 Å². The van der Waals surface area contributed by atoms with Gasteiger partial charge in [-0.3, -0.25) is 0 Å². The highest BCUT2D eigenvalue weighted by Gasteiger charge is 2.12. The van der Waals surface area contributed by atoms with Crippen molar-refractivity contribution in [3.8, 4) is 0 Å². The minimum Gasteiger partial charge on any atom is -0.349 e. The molecular formula is C12H18BrNO2. The number of hydrogen-bond acceptors (Lipinski definition) is 3. The van der Waals surface area contributed by atoms with Gasteiger partial charge in [-0.25, -0.2) is 9.78 Å². The van der Waals surface area contributed by atoms with Gasteiger partial charge in [0.05, 0.1) is 5.60 Å². The van der Waals surface area contributed by atoms with Gasteiger partial charge in [0.15, 0.2) is 6.73 Å². The summed E-state index contributed by atoms with van der Waals surface area (Å²) in [4.78, 5) is 12.3. The molecule has 0 aliphatic rings. The molecular weight excluding hydrogens is 270 g/mol. The Morgan fingerprint density at radius 1 is 1.19 bits per heavy atom. The molecule has 0 fully saturated rings. The summed E-state index contributed by atoms with van der Waals surface area (Å²) in [5.41, 5.74) is 0.807. The van der Waals surface area contributed by atoms with Crippen LogP contribution in [0.1, 0.15) is 20.8 Å². The predicted molar refractivity (Wildman–Crippen MR) is 69.3 cm³/mol. The number of nitrogens with zero attached hydrogens (tertiary/aromatic N) is 1. The van der Waals surface area contributed by atoms with E-state index in [1.54, 1.807) is 0 Å². The molecule has 3 nitrogen and oxygen atoms in total. The normalized spacial score (nSPS) is 11.6. The van der Waals surface area contributed by atoms with E-state index in [0.29, 0.717) is 6.73 Å². The van der Waals surface area contributed by atoms with E-state index in [0.717, 1.165) is 10.2 Å². The van der Waals surface area contributed by atoms with Crippen LogP contribution in [0.25, 0.3) is 0 Å². The molecule has 0 radical (unpaired) electrons. The maximum Gasteiger partial charge on any atom is 0.154 e. The van der Waals surface area contributed by atoms with E-state index in [1.165, 1.54) is 0 Å². The summed E-state index contributed by atoms with van der Waals surface area (Å²) >= 11 is 3.40. The first-order valence-corrected chi connectivity index (χ1v) is 5.95. The van der Waals surface area contributed by atoms with Gasteiger partial charge in [-0.2, -0.15) is 0 Å². The van der Waals surface area contributed by atoms with Gasteiger partial charge in [0.1, 0.15) is 0 Å². The molecule has 1 rings (SSSR count). The van der Waals surface area contributed by atoms with Gasteiger partial charge in [0.25, 0.3) is 0 Å². The van der Waals surface area contributed by atoms with E-state index in [9.17, 15) is 0 Å². The standard InChI is InChI=1S/C12H18BrNO2/c1-12(2,3)16-15-9-14(4)11-7-5-10(13)6-8-11/h5-8H,9H2,1-4H3. The SMILES string of the molecule is CN(COOC(C)(C)C)c1ccc(Br)cc1. The van der Waals surface area contributed by atoms with Crippen LogP contribution < -0.4 is 4.90 Å². The van der Waals surface area contributed by atoms with E-state index in [2.05, 4.69) is 15.9 Å². The van der Waals surface area contributed by atoms with Crippen LogP contribution in [0.3, 0.4) is 0 Å². The summed E-state index contributed by atoms with van der Waals surface area (Å²) < 4.78 is 1.07. The van der Waals surface area contributed by atoms with Crippen molar-refractivity contribution >= 4 is 21.6 Å². The Morgan fingerprint density at radius 3 is 2.25 bits per heavy atom. The van der Waals surface area contributed by atoms with Crippen LogP contribution in [0.2, 0.25) is 0 Å². The van der Waals surface area contributed by atoms with E-state index >= 15 is 0 Å². The largest absolute Gasteiger partial charge is 0.349 e. The van der Waals surface area contributed by atoms with Gasteiger partial charge in [0.2, 0.25) is 0 Å². The van der Waals surface area contributed by atoms with Crippen LogP contribution in [-0.2, 0) is 9.78 Å². The Balaban J connectivity index is 2.41. The van der Waals surface area contributed by atoms with Crippen molar-refractivity contribution in [2.24, 2.45) is 0 Å². The average Bonchev–Trinajstić information content (AvgIpc) is 2.16. The van der Waals surface area contributed by atoms with Crippen LogP contribution in [0.5, 0.6) is 0 Å². The fourth-order valence-corrected chi connectivity index (χ4v) is 1.32. The van der Waals surface area contributed by atoms with E-state index in [1.807, 2.05) is 57.0 Å². The lowest BCUT2D eigenvalue weighted by Gasteiger charge is -2.22. The van der Waals surface area contributed by atoms with E-state index in [4.69, 9.17) is 9.78 Å². The summed E-state index contributed by atoms with van der Waals surface area (Å²) in [6.07, 6.45) is 0. The summed E-state index contributed by atoms with van der Waals surface area (Å²) in [7, 11) is 1.95. The van der Waals surface area contributed by atoms with Crippen molar-refractivity contribution in [3.05, 3.63) is 28.7 Å². The zero-order chi connectivity index (χ0) is 12.2. The van der Waals surface area contributed by atoms with E-state index in [-0.39, 0.29) is 5.60 Å². The summed E-state index contributed by atoms with van der Waals surface area (Å²) in [6, 6.07) is 8.03. The molecule has 0 unspecified atom stereocenters. The van der Waals surface area contributed by atoms with Gasteiger partial charge in [0, 0.05) is 17.2 Å². The summed E-state index contributed by atoms with van der Waals surface area (Å²) in [5.74, 6) is 0. The second-order valence-electron chi connectivity index (χ2n) is 4.62. The average molecular weight is 288 g/mol. The molecule has 0 N–H and O–H groups in total. The Bertz CT molecular complexity index is 319. The quantitative estimate of drug-likeness (QED) is 0.480. The molecule has 90 valence electrons. The molecule has 0 spiro atoms. The number of anilines is 1. The molecule has 0 atom stereocenters. The third kappa shape index (κ3) is 4.96. The predicted octanol–water partition coefficient (Wildman–Crippen LogP) is 3.59. The molecule has 1 aromatic carbocycles. The highest BCUT2D eigenvalue weighted by Crippen LogP contribution is 2.17. The monoisotopic (exact) mass is 287 g/mol. The van der Waals surface area contributed by atoms with Crippen LogP contribution in [0.4, 0.5) is 5.69 Å². The summed E-state index contributed by atoms with van der Waals surface area (Å²) in [5, 5.41) is 0. The number of benzene rings is 1. The van der Waals surface area contributed by atoms with Crippen molar-refractivity contribution in [3.63, 3.8) is 0 Å².